The number of benzene rings is 3. The largest absolute Gasteiger partial charge is 0.331 e. The van der Waals surface area contributed by atoms with Crippen molar-refractivity contribution in [2.45, 2.75) is 0 Å². The van der Waals surface area contributed by atoms with Gasteiger partial charge in [0, 0.05) is 37.9 Å². The SMILES string of the molecule is O=C(Nc1ccc(-c2csc(Nc3cccc(Cl)c3)n2)cc1)c1ccc(Cl)cc1. The molecule has 0 bridgehead atoms. The van der Waals surface area contributed by atoms with Gasteiger partial charge in [0.1, 0.15) is 0 Å². The zero-order valence-corrected chi connectivity index (χ0v) is 17.4. The van der Waals surface area contributed by atoms with Crippen molar-refractivity contribution < 1.29 is 4.79 Å². The van der Waals surface area contributed by atoms with Crippen molar-refractivity contribution in [3.63, 3.8) is 0 Å². The number of nitrogens with one attached hydrogen (secondary N) is 2. The van der Waals surface area contributed by atoms with Gasteiger partial charge in [-0.15, -0.1) is 11.3 Å². The first-order chi connectivity index (χ1) is 14.1. The Labute approximate surface area is 182 Å². The number of halogens is 2. The van der Waals surface area contributed by atoms with E-state index in [0.29, 0.717) is 21.3 Å². The minimum absolute atomic E-state index is 0.184. The number of carbonyl (C=O) groups excluding carboxylic acids is 1. The maximum Gasteiger partial charge on any atom is 0.255 e. The second-order valence-electron chi connectivity index (χ2n) is 6.21. The highest BCUT2D eigenvalue weighted by atomic mass is 35.5. The highest BCUT2D eigenvalue weighted by Crippen LogP contribution is 2.28. The predicted octanol–water partition coefficient (Wildman–Crippen LogP) is 7.11. The molecule has 1 amide bonds. The molecule has 29 heavy (non-hydrogen) atoms. The van der Waals surface area contributed by atoms with E-state index < -0.39 is 0 Å². The van der Waals surface area contributed by atoms with Crippen molar-refractivity contribution in [3.8, 4) is 11.3 Å². The fourth-order valence-electron chi connectivity index (χ4n) is 2.68. The first kappa shape index (κ1) is 19.5. The Balaban J connectivity index is 1.43. The number of rotatable bonds is 5. The molecule has 0 aliphatic heterocycles. The van der Waals surface area contributed by atoms with Crippen molar-refractivity contribution in [1.82, 2.24) is 4.98 Å². The van der Waals surface area contributed by atoms with Crippen molar-refractivity contribution in [1.29, 1.82) is 0 Å². The van der Waals surface area contributed by atoms with Gasteiger partial charge in [0.15, 0.2) is 5.13 Å². The minimum Gasteiger partial charge on any atom is -0.331 e. The molecule has 0 saturated carbocycles. The van der Waals surface area contributed by atoms with Gasteiger partial charge in [-0.2, -0.15) is 0 Å². The average Bonchev–Trinajstić information content (AvgIpc) is 3.17. The Hall–Kier alpha value is -2.86. The van der Waals surface area contributed by atoms with E-state index in [-0.39, 0.29) is 5.91 Å². The lowest BCUT2D eigenvalue weighted by Crippen LogP contribution is -2.11. The van der Waals surface area contributed by atoms with Crippen LogP contribution in [0.15, 0.2) is 78.2 Å². The molecule has 0 aliphatic rings. The van der Waals surface area contributed by atoms with E-state index in [1.165, 1.54) is 11.3 Å². The molecule has 0 saturated heterocycles. The van der Waals surface area contributed by atoms with E-state index in [1.54, 1.807) is 24.3 Å². The van der Waals surface area contributed by atoms with Crippen LogP contribution in [0.5, 0.6) is 0 Å². The van der Waals surface area contributed by atoms with E-state index in [2.05, 4.69) is 15.6 Å². The van der Waals surface area contributed by atoms with Crippen LogP contribution in [0.2, 0.25) is 10.0 Å². The van der Waals surface area contributed by atoms with Crippen LogP contribution >= 0.6 is 34.5 Å². The third-order valence-corrected chi connectivity index (χ3v) is 5.37. The average molecular weight is 440 g/mol. The summed E-state index contributed by atoms with van der Waals surface area (Å²) in [7, 11) is 0. The summed E-state index contributed by atoms with van der Waals surface area (Å²) >= 11 is 13.4. The summed E-state index contributed by atoms with van der Waals surface area (Å²) in [6.45, 7) is 0. The highest BCUT2D eigenvalue weighted by molar-refractivity contribution is 7.14. The van der Waals surface area contributed by atoms with Crippen LogP contribution in [0, 0.1) is 0 Å². The zero-order chi connectivity index (χ0) is 20.2. The maximum atomic E-state index is 12.3. The summed E-state index contributed by atoms with van der Waals surface area (Å²) in [6, 6.07) is 21.8. The molecule has 0 atom stereocenters. The second kappa shape index (κ2) is 8.66. The Bertz CT molecular complexity index is 1140. The number of amides is 1. The van der Waals surface area contributed by atoms with E-state index in [1.807, 2.05) is 53.9 Å². The fraction of sp³-hybridized carbons (Fsp3) is 0. The van der Waals surface area contributed by atoms with Gasteiger partial charge in [-0.3, -0.25) is 4.79 Å². The van der Waals surface area contributed by atoms with Gasteiger partial charge >= 0.3 is 0 Å². The number of anilines is 3. The number of hydrogen-bond acceptors (Lipinski definition) is 4. The number of thiazole rings is 1. The fourth-order valence-corrected chi connectivity index (χ4v) is 3.74. The molecule has 3 aromatic carbocycles. The van der Waals surface area contributed by atoms with Gasteiger partial charge in [0.2, 0.25) is 0 Å². The Morgan fingerprint density at radius 2 is 1.62 bits per heavy atom. The molecular formula is C22H15Cl2N3OS. The summed E-state index contributed by atoms with van der Waals surface area (Å²) in [5.41, 5.74) is 3.97. The first-order valence-electron chi connectivity index (χ1n) is 8.72. The van der Waals surface area contributed by atoms with Crippen molar-refractivity contribution in [2.24, 2.45) is 0 Å². The first-order valence-corrected chi connectivity index (χ1v) is 10.4. The van der Waals surface area contributed by atoms with E-state index >= 15 is 0 Å². The Morgan fingerprint density at radius 3 is 2.34 bits per heavy atom. The number of carbonyl (C=O) groups is 1. The van der Waals surface area contributed by atoms with Crippen LogP contribution in [0.4, 0.5) is 16.5 Å². The predicted molar refractivity (Wildman–Crippen MR) is 122 cm³/mol. The van der Waals surface area contributed by atoms with Gasteiger partial charge in [-0.05, 0) is 54.6 Å². The summed E-state index contributed by atoms with van der Waals surface area (Å²) < 4.78 is 0. The maximum absolute atomic E-state index is 12.3. The summed E-state index contributed by atoms with van der Waals surface area (Å²) in [5.74, 6) is -0.184. The highest BCUT2D eigenvalue weighted by Gasteiger charge is 2.08. The van der Waals surface area contributed by atoms with E-state index in [4.69, 9.17) is 23.2 Å². The van der Waals surface area contributed by atoms with Gasteiger partial charge in [-0.1, -0.05) is 41.4 Å². The molecule has 0 unspecified atom stereocenters. The molecule has 0 aliphatic carbocycles. The van der Waals surface area contributed by atoms with Crippen LogP contribution in [-0.4, -0.2) is 10.9 Å². The molecule has 0 radical (unpaired) electrons. The Morgan fingerprint density at radius 1 is 0.862 bits per heavy atom. The third-order valence-electron chi connectivity index (χ3n) is 4.13. The molecule has 0 fully saturated rings. The van der Waals surface area contributed by atoms with Crippen LogP contribution in [-0.2, 0) is 0 Å². The molecule has 2 N–H and O–H groups in total. The van der Waals surface area contributed by atoms with Crippen LogP contribution in [0.25, 0.3) is 11.3 Å². The monoisotopic (exact) mass is 439 g/mol. The summed E-state index contributed by atoms with van der Waals surface area (Å²) in [6.07, 6.45) is 0. The molecule has 4 aromatic rings. The second-order valence-corrected chi connectivity index (χ2v) is 7.94. The van der Waals surface area contributed by atoms with Crippen molar-refractivity contribution in [2.75, 3.05) is 10.6 Å². The molecule has 4 rings (SSSR count). The number of aromatic nitrogens is 1. The molecule has 1 heterocycles. The quantitative estimate of drug-likeness (QED) is 0.348. The topological polar surface area (TPSA) is 54.0 Å². The van der Waals surface area contributed by atoms with Gasteiger partial charge in [-0.25, -0.2) is 4.98 Å². The smallest absolute Gasteiger partial charge is 0.255 e. The zero-order valence-electron chi connectivity index (χ0n) is 15.0. The lowest BCUT2D eigenvalue weighted by atomic mass is 10.1. The molecule has 4 nitrogen and oxygen atoms in total. The molecular weight excluding hydrogens is 425 g/mol. The summed E-state index contributed by atoms with van der Waals surface area (Å²) in [5, 5.41) is 10.2. The van der Waals surface area contributed by atoms with Gasteiger partial charge < -0.3 is 10.6 Å². The lowest BCUT2D eigenvalue weighted by molar-refractivity contribution is 0.102. The lowest BCUT2D eigenvalue weighted by Gasteiger charge is -2.06. The van der Waals surface area contributed by atoms with Gasteiger partial charge in [0.05, 0.1) is 5.69 Å². The minimum atomic E-state index is -0.184. The van der Waals surface area contributed by atoms with Gasteiger partial charge in [0.25, 0.3) is 5.91 Å². The van der Waals surface area contributed by atoms with Crippen LogP contribution in [0.3, 0.4) is 0 Å². The molecule has 0 spiro atoms. The molecule has 144 valence electrons. The summed E-state index contributed by atoms with van der Waals surface area (Å²) in [4.78, 5) is 16.9. The van der Waals surface area contributed by atoms with E-state index in [9.17, 15) is 4.79 Å². The number of hydrogen-bond donors (Lipinski definition) is 2. The normalized spacial score (nSPS) is 10.6. The molecule has 7 heteroatoms. The molecule has 1 aromatic heterocycles. The number of nitrogens with zero attached hydrogens (tertiary/aromatic N) is 1. The standard InChI is InChI=1S/C22H15Cl2N3OS/c23-16-8-4-15(5-9-16)21(28)25-18-10-6-14(7-11-18)20-13-29-22(27-20)26-19-3-1-2-17(24)12-19/h1-13H,(H,25,28)(H,26,27). The van der Waals surface area contributed by atoms with E-state index in [0.717, 1.165) is 22.1 Å². The van der Waals surface area contributed by atoms with Crippen molar-refractivity contribution in [3.05, 3.63) is 93.8 Å². The van der Waals surface area contributed by atoms with Crippen LogP contribution < -0.4 is 10.6 Å². The van der Waals surface area contributed by atoms with Crippen molar-refractivity contribution >= 4 is 57.0 Å². The third kappa shape index (κ3) is 4.95. The van der Waals surface area contributed by atoms with Crippen LogP contribution in [0.1, 0.15) is 10.4 Å². The Kier molecular flexibility index (Phi) is 5.81.